The Labute approximate surface area is 278 Å². The van der Waals surface area contributed by atoms with Crippen LogP contribution in [0.2, 0.25) is 0 Å². The molecule has 0 saturated carbocycles. The number of benzene rings is 4. The summed E-state index contributed by atoms with van der Waals surface area (Å²) < 4.78 is 12.8. The third-order valence-corrected chi connectivity index (χ3v) is 11.1. The van der Waals surface area contributed by atoms with E-state index in [1.807, 2.05) is 6.07 Å². The second-order valence-corrected chi connectivity index (χ2v) is 13.7. The van der Waals surface area contributed by atoms with Crippen LogP contribution >= 0.6 is 0 Å². The first-order chi connectivity index (χ1) is 23.6. The van der Waals surface area contributed by atoms with Crippen molar-refractivity contribution >= 4 is 44.7 Å². The van der Waals surface area contributed by atoms with E-state index in [4.69, 9.17) is 8.83 Å². The van der Waals surface area contributed by atoms with E-state index in [1.54, 1.807) is 0 Å². The number of rotatable bonds is 3. The minimum absolute atomic E-state index is 0.0978. The Kier molecular flexibility index (Phi) is 5.75. The maximum absolute atomic E-state index is 10.5. The van der Waals surface area contributed by atoms with Gasteiger partial charge in [-0.1, -0.05) is 103 Å². The first-order valence-electron chi connectivity index (χ1n) is 16.8. The molecule has 3 aliphatic carbocycles. The van der Waals surface area contributed by atoms with Gasteiger partial charge in [0, 0.05) is 44.8 Å². The summed E-state index contributed by atoms with van der Waals surface area (Å²) in [5, 5.41) is 13.9. The van der Waals surface area contributed by atoms with Crippen LogP contribution in [0.25, 0.3) is 50.1 Å². The molecule has 5 unspecified atom stereocenters. The molecule has 230 valence electrons. The van der Waals surface area contributed by atoms with Crippen molar-refractivity contribution in [3.05, 3.63) is 156 Å². The molecule has 4 nitrogen and oxygen atoms in total. The largest absolute Gasteiger partial charge is 0.456 e. The van der Waals surface area contributed by atoms with Gasteiger partial charge in [-0.2, -0.15) is 5.26 Å². The number of hydrogen-bond donors (Lipinski definition) is 0. The predicted octanol–water partition coefficient (Wildman–Crippen LogP) is 10.5. The van der Waals surface area contributed by atoms with Crippen LogP contribution in [-0.2, 0) is 11.8 Å². The molecule has 4 aromatic carbocycles. The van der Waals surface area contributed by atoms with Crippen LogP contribution in [0.1, 0.15) is 23.8 Å². The Morgan fingerprint density at radius 3 is 2.50 bits per heavy atom. The summed E-state index contributed by atoms with van der Waals surface area (Å²) >= 11 is 0. The van der Waals surface area contributed by atoms with E-state index < -0.39 is 0 Å². The van der Waals surface area contributed by atoms with Crippen molar-refractivity contribution in [1.82, 2.24) is 0 Å². The Bertz CT molecular complexity index is 2500. The molecule has 1 aliphatic heterocycles. The van der Waals surface area contributed by atoms with Crippen LogP contribution in [0.5, 0.6) is 0 Å². The molecule has 0 N–H and O–H groups in total. The van der Waals surface area contributed by atoms with Crippen LogP contribution < -0.4 is 4.90 Å². The normalized spacial score (nSPS) is 25.3. The van der Waals surface area contributed by atoms with E-state index in [0.717, 1.165) is 45.1 Å². The van der Waals surface area contributed by atoms with Crippen LogP contribution in [0, 0.1) is 23.2 Å². The number of fused-ring (bicyclic) bond motifs is 9. The number of nitrogens with zero attached hydrogens (tertiary/aromatic N) is 2. The van der Waals surface area contributed by atoms with E-state index in [0.29, 0.717) is 0 Å². The number of anilines is 1. The molecule has 0 spiro atoms. The lowest BCUT2D eigenvalue weighted by atomic mass is 9.74. The second kappa shape index (κ2) is 10.1. The standard InChI is InChI=1S/C44H32N2O2/c1-44-21-8-7-16-42(44)46(37-15-6-5-14-36(37)44)43-30(26-45)12-9-13-31(43)29-18-20-39-33(23-29)35-24-34-32-22-28(27-10-3-2-4-11-27)17-19-38(32)47-40(34)25-41(35)48-39/h2-22,24-25,29-30,42-43H,23H2,1H3. The zero-order valence-corrected chi connectivity index (χ0v) is 26.5. The Hall–Kier alpha value is -5.79. The molecule has 4 aliphatic rings. The molecule has 10 rings (SSSR count). The van der Waals surface area contributed by atoms with Gasteiger partial charge in [-0.25, -0.2) is 0 Å². The average Bonchev–Trinajstić information content (AvgIpc) is 3.76. The number of allylic oxidation sites excluding steroid dienone is 5. The third-order valence-electron chi connectivity index (χ3n) is 11.1. The summed E-state index contributed by atoms with van der Waals surface area (Å²) in [6.45, 7) is 2.33. The minimum Gasteiger partial charge on any atom is -0.456 e. The Balaban J connectivity index is 1.07. The first kappa shape index (κ1) is 27.3. The van der Waals surface area contributed by atoms with E-state index in [-0.39, 0.29) is 29.3 Å². The molecule has 0 saturated heterocycles. The summed E-state index contributed by atoms with van der Waals surface area (Å²) in [5.74, 6) is 0.752. The monoisotopic (exact) mass is 620 g/mol. The molecule has 0 radical (unpaired) electrons. The van der Waals surface area contributed by atoms with Gasteiger partial charge < -0.3 is 13.7 Å². The van der Waals surface area contributed by atoms with Gasteiger partial charge in [0.05, 0.1) is 24.1 Å². The smallest absolute Gasteiger partial charge is 0.139 e. The van der Waals surface area contributed by atoms with Crippen molar-refractivity contribution in [3.63, 3.8) is 0 Å². The van der Waals surface area contributed by atoms with Crippen molar-refractivity contribution in [3.8, 4) is 17.2 Å². The first-order valence-corrected chi connectivity index (χ1v) is 16.8. The zero-order valence-electron chi connectivity index (χ0n) is 26.5. The summed E-state index contributed by atoms with van der Waals surface area (Å²) in [6, 6.07) is 32.6. The molecular weight excluding hydrogens is 588 g/mol. The molecule has 0 fully saturated rings. The molecule has 0 bridgehead atoms. The number of para-hydroxylation sites is 1. The average molecular weight is 621 g/mol. The van der Waals surface area contributed by atoms with E-state index in [2.05, 4.69) is 151 Å². The highest BCUT2D eigenvalue weighted by Gasteiger charge is 2.50. The summed E-state index contributed by atoms with van der Waals surface area (Å²) in [5.41, 5.74) is 9.74. The topological polar surface area (TPSA) is 53.3 Å². The van der Waals surface area contributed by atoms with Crippen molar-refractivity contribution in [2.45, 2.75) is 30.8 Å². The van der Waals surface area contributed by atoms with Gasteiger partial charge in [-0.15, -0.1) is 0 Å². The van der Waals surface area contributed by atoms with E-state index >= 15 is 0 Å². The van der Waals surface area contributed by atoms with Gasteiger partial charge in [0.25, 0.3) is 0 Å². The van der Waals surface area contributed by atoms with Gasteiger partial charge in [0.1, 0.15) is 22.5 Å². The third kappa shape index (κ3) is 3.82. The highest BCUT2D eigenvalue weighted by atomic mass is 16.3. The van der Waals surface area contributed by atoms with E-state index in [9.17, 15) is 5.26 Å². The maximum atomic E-state index is 10.5. The van der Waals surface area contributed by atoms with Crippen LogP contribution in [0.15, 0.2) is 148 Å². The Morgan fingerprint density at radius 1 is 0.771 bits per heavy atom. The molecule has 3 heterocycles. The van der Waals surface area contributed by atoms with Crippen LogP contribution in [-0.4, -0.2) is 12.1 Å². The van der Waals surface area contributed by atoms with Crippen molar-refractivity contribution in [1.29, 1.82) is 5.26 Å². The number of hydrogen-bond acceptors (Lipinski definition) is 4. The minimum atomic E-state index is -0.272. The van der Waals surface area contributed by atoms with E-state index in [1.165, 1.54) is 33.5 Å². The van der Waals surface area contributed by atoms with Crippen molar-refractivity contribution in [2.24, 2.45) is 11.8 Å². The summed E-state index contributed by atoms with van der Waals surface area (Å²) in [7, 11) is 0. The van der Waals surface area contributed by atoms with Crippen molar-refractivity contribution < 1.29 is 8.83 Å². The lowest BCUT2D eigenvalue weighted by Crippen LogP contribution is -2.51. The fourth-order valence-electron chi connectivity index (χ4n) is 8.78. The SMILES string of the molecule is CC12C=CC=CC1N(C1C(C3C=Cc4oc5cc6oc7ccc(-c8ccccc8)cc7c6cc5c4C3)=CC=CC1C#N)c1ccccc12. The lowest BCUT2D eigenvalue weighted by molar-refractivity contribution is 0.456. The molecule has 2 aromatic heterocycles. The molecular formula is C44H32N2O2. The van der Waals surface area contributed by atoms with Gasteiger partial charge in [0.15, 0.2) is 0 Å². The van der Waals surface area contributed by atoms with Gasteiger partial charge in [0.2, 0.25) is 0 Å². The second-order valence-electron chi connectivity index (χ2n) is 13.7. The highest BCUT2D eigenvalue weighted by molar-refractivity contribution is 6.11. The molecule has 48 heavy (non-hydrogen) atoms. The van der Waals surface area contributed by atoms with Gasteiger partial charge in [-0.3, -0.25) is 0 Å². The molecule has 4 heteroatoms. The number of nitriles is 1. The predicted molar refractivity (Wildman–Crippen MR) is 194 cm³/mol. The van der Waals surface area contributed by atoms with Crippen LogP contribution in [0.4, 0.5) is 5.69 Å². The lowest BCUT2D eigenvalue weighted by Gasteiger charge is -2.44. The quantitative estimate of drug-likeness (QED) is 0.198. The highest BCUT2D eigenvalue weighted by Crippen LogP contribution is 2.52. The van der Waals surface area contributed by atoms with Gasteiger partial charge >= 0.3 is 0 Å². The fourth-order valence-corrected chi connectivity index (χ4v) is 8.78. The van der Waals surface area contributed by atoms with Crippen molar-refractivity contribution in [2.75, 3.05) is 4.90 Å². The molecule has 0 amide bonds. The summed E-state index contributed by atoms with van der Waals surface area (Å²) in [4.78, 5) is 2.53. The maximum Gasteiger partial charge on any atom is 0.139 e. The number of furan rings is 2. The van der Waals surface area contributed by atoms with Crippen LogP contribution in [0.3, 0.4) is 0 Å². The zero-order chi connectivity index (χ0) is 32.0. The molecule has 5 atom stereocenters. The van der Waals surface area contributed by atoms with Gasteiger partial charge in [-0.05, 0) is 65.9 Å². The Morgan fingerprint density at radius 2 is 1.60 bits per heavy atom. The fraction of sp³-hybridized carbons (Fsp3) is 0.159. The summed E-state index contributed by atoms with van der Waals surface area (Å²) in [6.07, 6.45) is 20.6. The molecule has 6 aromatic rings.